The number of methoxy groups -OCH3 is 3. The Morgan fingerprint density at radius 2 is 1.58 bits per heavy atom. The molecule has 0 aliphatic rings. The molecule has 194 valence electrons. The van der Waals surface area contributed by atoms with Crippen LogP contribution >= 0.6 is 0 Å². The molecule has 0 atom stereocenters. The topological polar surface area (TPSA) is 109 Å². The molecule has 0 saturated carbocycles. The highest BCUT2D eigenvalue weighted by molar-refractivity contribution is 5.91. The molecule has 0 aliphatic heterocycles. The van der Waals surface area contributed by atoms with Gasteiger partial charge in [0, 0.05) is 30.7 Å². The van der Waals surface area contributed by atoms with Crippen LogP contribution in [0.1, 0.15) is 17.8 Å². The predicted octanol–water partition coefficient (Wildman–Crippen LogP) is 3.69. The number of carbonyl (C=O) groups is 1. The lowest BCUT2D eigenvalue weighted by Crippen LogP contribution is -2.24. The van der Waals surface area contributed by atoms with E-state index in [0.29, 0.717) is 58.4 Å². The summed E-state index contributed by atoms with van der Waals surface area (Å²) >= 11 is 0. The number of hydrogen-bond acceptors (Lipinski definition) is 7. The molecule has 0 bridgehead atoms. The Morgan fingerprint density at radius 3 is 2.26 bits per heavy atom. The van der Waals surface area contributed by atoms with Crippen LogP contribution < -0.4 is 25.1 Å². The summed E-state index contributed by atoms with van der Waals surface area (Å²) in [7, 11) is 4.55. The Bertz CT molecular complexity index is 1650. The molecule has 0 spiro atoms. The Balaban J connectivity index is 1.44. The van der Waals surface area contributed by atoms with E-state index in [1.807, 2.05) is 52.9 Å². The maximum atomic E-state index is 13.4. The number of aryl methyl sites for hydroxylation is 1. The van der Waals surface area contributed by atoms with E-state index >= 15 is 0 Å². The van der Waals surface area contributed by atoms with Crippen molar-refractivity contribution in [1.82, 2.24) is 19.2 Å². The number of aromatic nitrogens is 4. The summed E-state index contributed by atoms with van der Waals surface area (Å²) in [4.78, 5) is 26.3. The highest BCUT2D eigenvalue weighted by Gasteiger charge is 2.18. The average Bonchev–Trinajstić information content (AvgIpc) is 3.38. The third kappa shape index (κ3) is 4.63. The molecule has 5 rings (SSSR count). The van der Waals surface area contributed by atoms with Gasteiger partial charge in [-0.1, -0.05) is 42.5 Å². The van der Waals surface area contributed by atoms with Crippen LogP contribution in [0.15, 0.2) is 71.5 Å². The number of hydrogen-bond donors (Lipinski definition) is 1. The Kier molecular flexibility index (Phi) is 6.94. The van der Waals surface area contributed by atoms with Gasteiger partial charge in [0.25, 0.3) is 5.56 Å². The molecular weight excluding hydrogens is 486 g/mol. The van der Waals surface area contributed by atoms with E-state index in [4.69, 9.17) is 14.2 Å². The van der Waals surface area contributed by atoms with E-state index < -0.39 is 0 Å². The number of para-hydroxylation sites is 1. The molecule has 0 saturated heterocycles. The number of anilines is 1. The average molecular weight is 514 g/mol. The minimum atomic E-state index is -0.224. The van der Waals surface area contributed by atoms with Crippen LogP contribution in [0.2, 0.25) is 0 Å². The molecule has 5 aromatic rings. The lowest BCUT2D eigenvalue weighted by molar-refractivity contribution is -0.116. The van der Waals surface area contributed by atoms with Gasteiger partial charge < -0.3 is 19.5 Å². The fraction of sp³-hybridized carbons (Fsp3) is 0.214. The molecule has 0 aliphatic carbocycles. The number of ether oxygens (including phenoxy) is 3. The van der Waals surface area contributed by atoms with Crippen molar-refractivity contribution in [3.63, 3.8) is 0 Å². The van der Waals surface area contributed by atoms with Gasteiger partial charge in [-0.15, -0.1) is 10.2 Å². The Morgan fingerprint density at radius 1 is 0.895 bits per heavy atom. The van der Waals surface area contributed by atoms with Crippen LogP contribution in [-0.4, -0.2) is 46.4 Å². The van der Waals surface area contributed by atoms with E-state index in [2.05, 4.69) is 15.5 Å². The second kappa shape index (κ2) is 10.6. The highest BCUT2D eigenvalue weighted by Crippen LogP contribution is 2.40. The predicted molar refractivity (Wildman–Crippen MR) is 143 cm³/mol. The van der Waals surface area contributed by atoms with Crippen molar-refractivity contribution in [2.45, 2.75) is 19.4 Å². The van der Waals surface area contributed by atoms with Crippen molar-refractivity contribution in [3.8, 4) is 17.2 Å². The minimum Gasteiger partial charge on any atom is -0.493 e. The molecule has 10 heteroatoms. The first kappa shape index (κ1) is 24.8. The molecule has 38 heavy (non-hydrogen) atoms. The summed E-state index contributed by atoms with van der Waals surface area (Å²) < 4.78 is 19.5. The lowest BCUT2D eigenvalue weighted by Gasteiger charge is -2.14. The number of amides is 1. The zero-order chi connectivity index (χ0) is 26.6. The van der Waals surface area contributed by atoms with E-state index in [1.165, 1.54) is 21.3 Å². The first-order valence-corrected chi connectivity index (χ1v) is 12.0. The van der Waals surface area contributed by atoms with Crippen LogP contribution in [0.25, 0.3) is 16.7 Å². The number of rotatable bonds is 9. The largest absolute Gasteiger partial charge is 0.493 e. The standard InChI is InChI=1S/C28H27N5O5/c1-36-22-15-19(16-23(37-2)26(22)38-3)29-25(34)14-13-24-30-31-28-32(17-18-9-5-4-6-10-18)27(35)20-11-7-8-12-21(20)33(24)28/h4-12,15-16H,13-14,17H2,1-3H3,(H,29,34). The summed E-state index contributed by atoms with van der Waals surface area (Å²) in [5, 5.41) is 12.1. The molecule has 1 N–H and O–H groups in total. The zero-order valence-electron chi connectivity index (χ0n) is 21.3. The Hall–Kier alpha value is -4.86. The van der Waals surface area contributed by atoms with Crippen molar-refractivity contribution in [3.05, 3.63) is 88.5 Å². The minimum absolute atomic E-state index is 0.142. The third-order valence-corrected chi connectivity index (χ3v) is 6.28. The maximum absolute atomic E-state index is 13.4. The normalized spacial score (nSPS) is 11.0. The lowest BCUT2D eigenvalue weighted by atomic mass is 10.2. The van der Waals surface area contributed by atoms with Gasteiger partial charge in [0.15, 0.2) is 11.5 Å². The zero-order valence-corrected chi connectivity index (χ0v) is 21.3. The van der Waals surface area contributed by atoms with Gasteiger partial charge in [-0.05, 0) is 17.7 Å². The molecule has 10 nitrogen and oxygen atoms in total. The number of carbonyl (C=O) groups excluding carboxylic acids is 1. The van der Waals surface area contributed by atoms with Gasteiger partial charge in [0.05, 0.1) is 38.8 Å². The molecule has 2 heterocycles. The molecule has 2 aromatic heterocycles. The van der Waals surface area contributed by atoms with Gasteiger partial charge in [0.2, 0.25) is 17.4 Å². The smallest absolute Gasteiger partial charge is 0.263 e. The molecule has 1 amide bonds. The van der Waals surface area contributed by atoms with Crippen molar-refractivity contribution in [2.75, 3.05) is 26.6 Å². The number of fused-ring (bicyclic) bond motifs is 3. The van der Waals surface area contributed by atoms with E-state index in [-0.39, 0.29) is 17.9 Å². The molecule has 0 fully saturated rings. The molecular formula is C28H27N5O5. The van der Waals surface area contributed by atoms with Gasteiger partial charge in [-0.2, -0.15) is 0 Å². The van der Waals surface area contributed by atoms with E-state index in [1.54, 1.807) is 22.8 Å². The first-order chi connectivity index (χ1) is 18.5. The SMILES string of the molecule is COc1cc(NC(=O)CCc2nnc3n(Cc4ccccc4)c(=O)c4ccccc4n23)cc(OC)c1OC. The third-order valence-electron chi connectivity index (χ3n) is 6.28. The molecule has 3 aromatic carbocycles. The van der Waals surface area contributed by atoms with Crippen molar-refractivity contribution >= 4 is 28.3 Å². The summed E-state index contributed by atoms with van der Waals surface area (Å²) in [6.07, 6.45) is 0.453. The maximum Gasteiger partial charge on any atom is 0.263 e. The molecule has 0 unspecified atom stereocenters. The van der Waals surface area contributed by atoms with Crippen LogP contribution in [0.3, 0.4) is 0 Å². The number of benzene rings is 3. The van der Waals surface area contributed by atoms with Crippen molar-refractivity contribution in [2.24, 2.45) is 0 Å². The monoisotopic (exact) mass is 513 g/mol. The summed E-state index contributed by atoms with van der Waals surface area (Å²) in [5.41, 5.74) is 2.04. The first-order valence-electron chi connectivity index (χ1n) is 12.0. The fourth-order valence-corrected chi connectivity index (χ4v) is 4.49. The Labute approximate surface area is 218 Å². The second-order valence-corrected chi connectivity index (χ2v) is 8.61. The van der Waals surface area contributed by atoms with E-state index in [0.717, 1.165) is 5.56 Å². The fourth-order valence-electron chi connectivity index (χ4n) is 4.49. The van der Waals surface area contributed by atoms with Crippen molar-refractivity contribution in [1.29, 1.82) is 0 Å². The van der Waals surface area contributed by atoms with Crippen LogP contribution in [0.4, 0.5) is 5.69 Å². The number of nitrogens with zero attached hydrogens (tertiary/aromatic N) is 4. The molecule has 0 radical (unpaired) electrons. The summed E-state index contributed by atoms with van der Waals surface area (Å²) in [6.45, 7) is 0.355. The quantitative estimate of drug-likeness (QED) is 0.320. The highest BCUT2D eigenvalue weighted by atomic mass is 16.5. The van der Waals surface area contributed by atoms with Gasteiger partial charge in [-0.25, -0.2) is 0 Å². The van der Waals surface area contributed by atoms with Gasteiger partial charge in [-0.3, -0.25) is 18.6 Å². The second-order valence-electron chi connectivity index (χ2n) is 8.61. The van der Waals surface area contributed by atoms with Gasteiger partial charge >= 0.3 is 0 Å². The summed E-state index contributed by atoms with van der Waals surface area (Å²) in [5.74, 6) is 2.10. The van der Waals surface area contributed by atoms with Crippen LogP contribution in [0, 0.1) is 0 Å². The van der Waals surface area contributed by atoms with E-state index in [9.17, 15) is 9.59 Å². The number of nitrogens with one attached hydrogen (secondary N) is 1. The van der Waals surface area contributed by atoms with Crippen molar-refractivity contribution < 1.29 is 19.0 Å². The summed E-state index contributed by atoms with van der Waals surface area (Å²) in [6, 6.07) is 20.4. The van der Waals surface area contributed by atoms with Gasteiger partial charge in [0.1, 0.15) is 5.82 Å². The van der Waals surface area contributed by atoms with Crippen LogP contribution in [0.5, 0.6) is 17.2 Å². The van der Waals surface area contributed by atoms with Crippen LogP contribution in [-0.2, 0) is 17.8 Å².